The molecule has 134 valence electrons. The fourth-order valence-electron chi connectivity index (χ4n) is 4.37. The van der Waals surface area contributed by atoms with Crippen LogP contribution in [0.1, 0.15) is 16.7 Å². The monoisotopic (exact) mass is 361 g/mol. The Labute approximate surface area is 162 Å². The van der Waals surface area contributed by atoms with E-state index >= 15 is 0 Å². The van der Waals surface area contributed by atoms with Crippen LogP contribution in [-0.4, -0.2) is 9.97 Å². The lowest BCUT2D eigenvalue weighted by atomic mass is 9.94. The van der Waals surface area contributed by atoms with Gasteiger partial charge in [0.1, 0.15) is 0 Å². The molecule has 0 spiro atoms. The second-order valence-corrected chi connectivity index (χ2v) is 7.31. The Morgan fingerprint density at radius 2 is 1.21 bits per heavy atom. The van der Waals surface area contributed by atoms with E-state index in [0.717, 1.165) is 17.5 Å². The molecule has 3 N–H and O–H groups in total. The Morgan fingerprint density at radius 1 is 0.643 bits per heavy atom. The van der Waals surface area contributed by atoms with E-state index in [9.17, 15) is 0 Å². The van der Waals surface area contributed by atoms with Gasteiger partial charge in [-0.3, -0.25) is 0 Å². The molecule has 0 amide bonds. The fraction of sp³-hybridized carbons (Fsp3) is 0.0400. The Hall–Kier alpha value is -3.72. The molecule has 2 aromatic heterocycles. The summed E-state index contributed by atoms with van der Waals surface area (Å²) < 4.78 is 0. The average molecular weight is 361 g/mol. The van der Waals surface area contributed by atoms with E-state index in [4.69, 9.17) is 0 Å². The SMILES string of the molecule is c1ccc2c(c1)CC(=C(c1c[nH]c3ccccc13)c1c[nH]c3ccccc13)N2. The number of H-pyrrole nitrogens is 2. The van der Waals surface area contributed by atoms with Gasteiger partial charge in [-0.05, 0) is 23.8 Å². The summed E-state index contributed by atoms with van der Waals surface area (Å²) in [6.07, 6.45) is 5.18. The van der Waals surface area contributed by atoms with Crippen molar-refractivity contribution in [1.29, 1.82) is 0 Å². The number of aromatic nitrogens is 2. The van der Waals surface area contributed by atoms with E-state index in [2.05, 4.69) is 100 Å². The van der Waals surface area contributed by atoms with Gasteiger partial charge in [-0.1, -0.05) is 54.6 Å². The summed E-state index contributed by atoms with van der Waals surface area (Å²) in [7, 11) is 0. The third-order valence-electron chi connectivity index (χ3n) is 5.69. The normalized spacial score (nSPS) is 13.1. The van der Waals surface area contributed by atoms with Crippen LogP contribution in [0.3, 0.4) is 0 Å². The van der Waals surface area contributed by atoms with E-state index in [1.165, 1.54) is 44.4 Å². The lowest BCUT2D eigenvalue weighted by Gasteiger charge is -2.12. The second-order valence-electron chi connectivity index (χ2n) is 7.31. The minimum Gasteiger partial charge on any atom is -0.361 e. The summed E-state index contributed by atoms with van der Waals surface area (Å²) in [4.78, 5) is 6.90. The van der Waals surface area contributed by atoms with E-state index in [0.29, 0.717) is 0 Å². The van der Waals surface area contributed by atoms with Crippen molar-refractivity contribution < 1.29 is 0 Å². The summed E-state index contributed by atoms with van der Waals surface area (Å²) in [5.74, 6) is 0. The molecule has 3 heteroatoms. The van der Waals surface area contributed by atoms with Crippen molar-refractivity contribution in [2.24, 2.45) is 0 Å². The minimum atomic E-state index is 0.907. The zero-order valence-corrected chi connectivity index (χ0v) is 15.3. The van der Waals surface area contributed by atoms with Gasteiger partial charge in [-0.2, -0.15) is 0 Å². The van der Waals surface area contributed by atoms with Crippen LogP contribution >= 0.6 is 0 Å². The quantitative estimate of drug-likeness (QED) is 0.351. The summed E-state index contributed by atoms with van der Waals surface area (Å²) in [5.41, 5.74) is 9.83. The van der Waals surface area contributed by atoms with Crippen LogP contribution in [0.5, 0.6) is 0 Å². The van der Waals surface area contributed by atoms with Crippen molar-refractivity contribution >= 4 is 33.1 Å². The van der Waals surface area contributed by atoms with Crippen LogP contribution in [0.4, 0.5) is 5.69 Å². The van der Waals surface area contributed by atoms with E-state index in [1.807, 2.05) is 0 Å². The molecule has 0 saturated carbocycles. The Morgan fingerprint density at radius 3 is 1.86 bits per heavy atom. The van der Waals surface area contributed by atoms with Gasteiger partial charge in [-0.15, -0.1) is 0 Å². The number of aromatic amines is 2. The van der Waals surface area contributed by atoms with Crippen LogP contribution in [0.2, 0.25) is 0 Å². The smallest absolute Gasteiger partial charge is 0.0460 e. The van der Waals surface area contributed by atoms with Gasteiger partial charge in [0.2, 0.25) is 0 Å². The highest BCUT2D eigenvalue weighted by Crippen LogP contribution is 2.40. The molecular weight excluding hydrogens is 342 g/mol. The maximum absolute atomic E-state index is 3.69. The molecule has 5 aromatic rings. The van der Waals surface area contributed by atoms with Crippen molar-refractivity contribution in [2.45, 2.75) is 6.42 Å². The lowest BCUT2D eigenvalue weighted by Crippen LogP contribution is -2.00. The molecule has 3 heterocycles. The first-order valence-corrected chi connectivity index (χ1v) is 9.59. The van der Waals surface area contributed by atoms with E-state index < -0.39 is 0 Å². The topological polar surface area (TPSA) is 43.6 Å². The maximum Gasteiger partial charge on any atom is 0.0460 e. The molecule has 6 rings (SSSR count). The number of hydrogen-bond donors (Lipinski definition) is 3. The molecule has 0 bridgehead atoms. The Bertz CT molecular complexity index is 1260. The van der Waals surface area contributed by atoms with Crippen molar-refractivity contribution in [2.75, 3.05) is 5.32 Å². The van der Waals surface area contributed by atoms with Crippen LogP contribution < -0.4 is 5.32 Å². The Kier molecular flexibility index (Phi) is 3.23. The zero-order chi connectivity index (χ0) is 18.5. The summed E-state index contributed by atoms with van der Waals surface area (Å²) in [5, 5.41) is 6.18. The number of fused-ring (bicyclic) bond motifs is 3. The molecule has 28 heavy (non-hydrogen) atoms. The minimum absolute atomic E-state index is 0.907. The molecule has 0 aliphatic carbocycles. The van der Waals surface area contributed by atoms with Crippen molar-refractivity contribution in [3.63, 3.8) is 0 Å². The van der Waals surface area contributed by atoms with E-state index in [1.54, 1.807) is 0 Å². The molecule has 3 aromatic carbocycles. The summed E-state index contributed by atoms with van der Waals surface area (Å²) in [6, 6.07) is 25.6. The van der Waals surface area contributed by atoms with Crippen LogP contribution in [0, 0.1) is 0 Å². The number of benzene rings is 3. The highest BCUT2D eigenvalue weighted by molar-refractivity contribution is 6.05. The number of para-hydroxylation sites is 3. The second kappa shape index (κ2) is 5.89. The highest BCUT2D eigenvalue weighted by atomic mass is 14.9. The van der Waals surface area contributed by atoms with Crippen molar-refractivity contribution in [3.05, 3.63) is 108 Å². The molecule has 0 saturated heterocycles. The molecule has 0 atom stereocenters. The standard InChI is InChI=1S/C25H19N3/c1-4-10-21-16(7-1)13-24(28-21)25(19-14-26-22-11-5-2-8-17(19)22)20-15-27-23-12-6-3-9-18(20)23/h1-12,14-15,26-28H,13H2. The zero-order valence-electron chi connectivity index (χ0n) is 15.3. The van der Waals surface area contributed by atoms with Gasteiger partial charge < -0.3 is 15.3 Å². The number of nitrogens with one attached hydrogen (secondary N) is 3. The highest BCUT2D eigenvalue weighted by Gasteiger charge is 2.23. The number of rotatable bonds is 2. The molecule has 0 radical (unpaired) electrons. The van der Waals surface area contributed by atoms with Gasteiger partial charge in [0, 0.05) is 68.7 Å². The average Bonchev–Trinajstić information content (AvgIpc) is 3.46. The maximum atomic E-state index is 3.69. The van der Waals surface area contributed by atoms with Crippen LogP contribution in [0.15, 0.2) is 90.9 Å². The largest absolute Gasteiger partial charge is 0.361 e. The van der Waals surface area contributed by atoms with Gasteiger partial charge >= 0.3 is 0 Å². The first-order valence-electron chi connectivity index (χ1n) is 9.59. The van der Waals surface area contributed by atoms with Gasteiger partial charge in [0.25, 0.3) is 0 Å². The molecule has 0 fully saturated rings. The molecule has 3 nitrogen and oxygen atoms in total. The predicted octanol–water partition coefficient (Wildman–Crippen LogP) is 6.08. The van der Waals surface area contributed by atoms with Crippen LogP contribution in [0.25, 0.3) is 27.4 Å². The number of anilines is 1. The first-order chi connectivity index (χ1) is 13.9. The third-order valence-corrected chi connectivity index (χ3v) is 5.69. The van der Waals surface area contributed by atoms with Gasteiger partial charge in [0.05, 0.1) is 0 Å². The third kappa shape index (κ3) is 2.23. The fourth-order valence-corrected chi connectivity index (χ4v) is 4.37. The summed E-state index contributed by atoms with van der Waals surface area (Å²) >= 11 is 0. The van der Waals surface area contributed by atoms with Crippen LogP contribution in [-0.2, 0) is 6.42 Å². The van der Waals surface area contributed by atoms with Crippen molar-refractivity contribution in [3.8, 4) is 0 Å². The van der Waals surface area contributed by atoms with E-state index in [-0.39, 0.29) is 0 Å². The van der Waals surface area contributed by atoms with Gasteiger partial charge in [0.15, 0.2) is 0 Å². The lowest BCUT2D eigenvalue weighted by molar-refractivity contribution is 1.25. The number of allylic oxidation sites excluding steroid dienone is 1. The molecular formula is C25H19N3. The molecule has 1 aliphatic heterocycles. The molecule has 1 aliphatic rings. The number of hydrogen-bond acceptors (Lipinski definition) is 1. The van der Waals surface area contributed by atoms with Crippen molar-refractivity contribution in [1.82, 2.24) is 9.97 Å². The predicted molar refractivity (Wildman–Crippen MR) is 116 cm³/mol. The Balaban J connectivity index is 1.65. The van der Waals surface area contributed by atoms with Gasteiger partial charge in [-0.25, -0.2) is 0 Å². The molecule has 0 unspecified atom stereocenters. The summed E-state index contributed by atoms with van der Waals surface area (Å²) in [6.45, 7) is 0. The first kappa shape index (κ1) is 15.3.